The van der Waals surface area contributed by atoms with Gasteiger partial charge in [0.25, 0.3) is 0 Å². The third kappa shape index (κ3) is 3.49. The summed E-state index contributed by atoms with van der Waals surface area (Å²) in [4.78, 5) is 25.8. The van der Waals surface area contributed by atoms with Gasteiger partial charge in [-0.15, -0.1) is 0 Å². The number of carboxylic acid groups (broad SMARTS) is 1. The summed E-state index contributed by atoms with van der Waals surface area (Å²) < 4.78 is 25.6. The Labute approximate surface area is 155 Å². The van der Waals surface area contributed by atoms with Gasteiger partial charge in [-0.1, -0.05) is 31.9 Å². The number of aliphatic carboxylic acids is 1. The van der Waals surface area contributed by atoms with Crippen molar-refractivity contribution in [2.24, 2.45) is 5.92 Å². The number of carbonyl (C=O) groups is 2. The van der Waals surface area contributed by atoms with E-state index in [1.165, 1.54) is 18.9 Å². The number of benzene rings is 1. The van der Waals surface area contributed by atoms with Gasteiger partial charge in [-0.05, 0) is 43.9 Å². The van der Waals surface area contributed by atoms with Crippen molar-refractivity contribution in [3.8, 4) is 0 Å². The maximum Gasteiger partial charge on any atom is 0.308 e. The van der Waals surface area contributed by atoms with Crippen LogP contribution in [0.3, 0.4) is 0 Å². The lowest BCUT2D eigenvalue weighted by atomic mass is 10.0. The number of amides is 1. The number of hydrogen-bond donors (Lipinski definition) is 1. The second-order valence-corrected chi connectivity index (χ2v) is 9.63. The summed E-state index contributed by atoms with van der Waals surface area (Å²) >= 11 is 0. The van der Waals surface area contributed by atoms with Gasteiger partial charge in [0.2, 0.25) is 5.91 Å². The smallest absolute Gasteiger partial charge is 0.308 e. The predicted molar refractivity (Wildman–Crippen MR) is 98.7 cm³/mol. The average Bonchev–Trinajstić information content (AvgIpc) is 3.07. The molecule has 1 amide bonds. The average molecular weight is 381 g/mol. The Hall–Kier alpha value is -1.89. The fourth-order valence-corrected chi connectivity index (χ4v) is 6.14. The predicted octanol–water partition coefficient (Wildman–Crippen LogP) is 2.57. The third-order valence-electron chi connectivity index (χ3n) is 5.26. The van der Waals surface area contributed by atoms with Gasteiger partial charge in [0.05, 0.1) is 10.8 Å². The molecule has 1 saturated carbocycles. The normalized spacial score (nSPS) is 17.7. The molecule has 7 heteroatoms. The second-order valence-electron chi connectivity index (χ2n) is 7.40. The van der Waals surface area contributed by atoms with Gasteiger partial charge in [0.15, 0.2) is 14.6 Å². The minimum absolute atomic E-state index is 0.0156. The van der Waals surface area contributed by atoms with Crippen molar-refractivity contribution < 1.29 is 23.1 Å². The zero-order chi connectivity index (χ0) is 19.7. The summed E-state index contributed by atoms with van der Waals surface area (Å²) in [5, 5.41) is 9.09. The maximum absolute atomic E-state index is 13.5. The highest BCUT2D eigenvalue weighted by molar-refractivity contribution is 7.93. The van der Waals surface area contributed by atoms with Gasteiger partial charge in [0.1, 0.15) is 0 Å². The summed E-state index contributed by atoms with van der Waals surface area (Å²) in [7, 11) is -2.41. The van der Waals surface area contributed by atoms with Gasteiger partial charge >= 0.3 is 5.97 Å². The zero-order valence-electron chi connectivity index (χ0n) is 15.8. The second kappa shape index (κ2) is 7.39. The van der Waals surface area contributed by atoms with Crippen LogP contribution in [0.4, 0.5) is 0 Å². The summed E-state index contributed by atoms with van der Waals surface area (Å²) in [6, 6.07) is 5.22. The minimum atomic E-state index is -3.89. The number of nitrogens with zero attached hydrogens (tertiary/aromatic N) is 1. The van der Waals surface area contributed by atoms with E-state index < -0.39 is 32.4 Å². The van der Waals surface area contributed by atoms with Crippen LogP contribution in [-0.2, 0) is 19.4 Å². The molecule has 0 bridgehead atoms. The molecule has 1 aliphatic rings. The summed E-state index contributed by atoms with van der Waals surface area (Å²) in [6.07, 6.45) is 1.87. The van der Waals surface area contributed by atoms with Gasteiger partial charge in [0, 0.05) is 13.6 Å². The van der Waals surface area contributed by atoms with Crippen LogP contribution in [-0.4, -0.2) is 48.6 Å². The van der Waals surface area contributed by atoms with E-state index in [4.69, 9.17) is 5.11 Å². The van der Waals surface area contributed by atoms with Gasteiger partial charge in [-0.25, -0.2) is 8.42 Å². The molecule has 0 heterocycles. The van der Waals surface area contributed by atoms with Crippen molar-refractivity contribution in [3.05, 3.63) is 29.3 Å². The number of carbonyl (C=O) groups excluding carboxylic acids is 1. The van der Waals surface area contributed by atoms with Crippen molar-refractivity contribution in [1.29, 1.82) is 0 Å². The Kier molecular flexibility index (Phi) is 5.80. The highest BCUT2D eigenvalue weighted by Gasteiger charge is 2.54. The van der Waals surface area contributed by atoms with Crippen LogP contribution in [0.25, 0.3) is 0 Å². The molecule has 144 valence electrons. The molecular formula is C19H27NO5S. The van der Waals surface area contributed by atoms with E-state index in [1.54, 1.807) is 19.1 Å². The maximum atomic E-state index is 13.5. The highest BCUT2D eigenvalue weighted by atomic mass is 32.2. The lowest BCUT2D eigenvalue weighted by Crippen LogP contribution is -2.52. The first-order valence-corrected chi connectivity index (χ1v) is 10.3. The molecule has 26 heavy (non-hydrogen) atoms. The largest absolute Gasteiger partial charge is 0.481 e. The molecule has 1 N–H and O–H groups in total. The quantitative estimate of drug-likeness (QED) is 0.818. The van der Waals surface area contributed by atoms with Crippen molar-refractivity contribution in [2.75, 3.05) is 13.6 Å². The van der Waals surface area contributed by atoms with Crippen LogP contribution in [0.15, 0.2) is 23.1 Å². The molecule has 2 rings (SSSR count). The van der Waals surface area contributed by atoms with Crippen LogP contribution in [0.2, 0.25) is 0 Å². The molecule has 1 aromatic rings. The Morgan fingerprint density at radius 3 is 2.35 bits per heavy atom. The van der Waals surface area contributed by atoms with Crippen molar-refractivity contribution in [1.82, 2.24) is 4.90 Å². The van der Waals surface area contributed by atoms with Gasteiger partial charge in [-0.3, -0.25) is 9.59 Å². The number of sulfone groups is 1. The molecular weight excluding hydrogens is 354 g/mol. The Morgan fingerprint density at radius 1 is 1.23 bits per heavy atom. The Bertz CT molecular complexity index is 809. The van der Waals surface area contributed by atoms with Crippen molar-refractivity contribution >= 4 is 21.7 Å². The highest BCUT2D eigenvalue weighted by Crippen LogP contribution is 2.42. The monoisotopic (exact) mass is 381 g/mol. The van der Waals surface area contributed by atoms with E-state index in [0.29, 0.717) is 18.4 Å². The van der Waals surface area contributed by atoms with Crippen LogP contribution in [0.1, 0.15) is 43.7 Å². The first-order chi connectivity index (χ1) is 12.0. The summed E-state index contributed by atoms with van der Waals surface area (Å²) in [5.74, 6) is -2.27. The molecule has 1 fully saturated rings. The van der Waals surface area contributed by atoms with E-state index >= 15 is 0 Å². The van der Waals surface area contributed by atoms with E-state index in [1.807, 2.05) is 13.0 Å². The number of carboxylic acids is 1. The SMILES string of the molecule is Cc1ccc(C)c(S(=O)(=O)C2(C(=O)N(C)CC(C)C(=O)O)CCCC2)c1. The third-order valence-corrected chi connectivity index (χ3v) is 7.90. The molecule has 0 spiro atoms. The zero-order valence-corrected chi connectivity index (χ0v) is 16.6. The lowest BCUT2D eigenvalue weighted by molar-refractivity contribution is -0.143. The molecule has 1 unspecified atom stereocenters. The number of aryl methyl sites for hydroxylation is 2. The van der Waals surface area contributed by atoms with E-state index in [-0.39, 0.29) is 24.3 Å². The van der Waals surface area contributed by atoms with Crippen molar-refractivity contribution in [2.45, 2.75) is 56.1 Å². The van der Waals surface area contributed by atoms with Crippen molar-refractivity contribution in [3.63, 3.8) is 0 Å². The van der Waals surface area contributed by atoms with E-state index in [9.17, 15) is 18.0 Å². The molecule has 0 saturated heterocycles. The van der Waals surface area contributed by atoms with E-state index in [0.717, 1.165) is 5.56 Å². The number of rotatable bonds is 6. The van der Waals surface area contributed by atoms with Gasteiger partial charge < -0.3 is 10.0 Å². The van der Waals surface area contributed by atoms with Crippen LogP contribution in [0.5, 0.6) is 0 Å². The first kappa shape index (κ1) is 20.4. The summed E-state index contributed by atoms with van der Waals surface area (Å²) in [6.45, 7) is 5.04. The van der Waals surface area contributed by atoms with E-state index in [2.05, 4.69) is 0 Å². The Balaban J connectivity index is 2.47. The minimum Gasteiger partial charge on any atom is -0.481 e. The van der Waals surface area contributed by atoms with Crippen LogP contribution < -0.4 is 0 Å². The molecule has 1 aliphatic carbocycles. The van der Waals surface area contributed by atoms with Crippen LogP contribution in [0, 0.1) is 19.8 Å². The molecule has 0 aromatic heterocycles. The fourth-order valence-electron chi connectivity index (χ4n) is 3.67. The van der Waals surface area contributed by atoms with Crippen LogP contribution >= 0.6 is 0 Å². The van der Waals surface area contributed by atoms with Gasteiger partial charge in [-0.2, -0.15) is 0 Å². The topological polar surface area (TPSA) is 91.8 Å². The Morgan fingerprint density at radius 2 is 1.81 bits per heavy atom. The molecule has 1 aromatic carbocycles. The first-order valence-electron chi connectivity index (χ1n) is 8.83. The molecule has 0 aliphatic heterocycles. The standard InChI is InChI=1S/C19H27NO5S/c1-13-7-8-14(2)16(11-13)26(24,25)19(9-5-6-10-19)18(23)20(4)12-15(3)17(21)22/h7-8,11,15H,5-6,9-10,12H2,1-4H3,(H,21,22). The summed E-state index contributed by atoms with van der Waals surface area (Å²) in [5.41, 5.74) is 1.44. The number of hydrogen-bond acceptors (Lipinski definition) is 4. The fraction of sp³-hybridized carbons (Fsp3) is 0.579. The lowest BCUT2D eigenvalue weighted by Gasteiger charge is -2.33. The molecule has 1 atom stereocenters. The molecule has 0 radical (unpaired) electrons. The molecule has 6 nitrogen and oxygen atoms in total.